The van der Waals surface area contributed by atoms with Crippen LogP contribution in [-0.2, 0) is 0 Å². The highest BCUT2D eigenvalue weighted by Crippen LogP contribution is 2.29. The summed E-state index contributed by atoms with van der Waals surface area (Å²) < 4.78 is 1.83. The first-order valence-corrected chi connectivity index (χ1v) is 7.63. The van der Waals surface area contributed by atoms with Crippen LogP contribution in [0.1, 0.15) is 36.6 Å². The second-order valence-corrected chi connectivity index (χ2v) is 5.51. The average Bonchev–Trinajstić information content (AvgIpc) is 2.91. The van der Waals surface area contributed by atoms with E-state index in [4.69, 9.17) is 0 Å². The number of aromatic nitrogens is 4. The molecule has 0 radical (unpaired) electrons. The Labute approximate surface area is 130 Å². The van der Waals surface area contributed by atoms with Crippen LogP contribution in [0.3, 0.4) is 0 Å². The van der Waals surface area contributed by atoms with Crippen LogP contribution in [0.15, 0.2) is 36.9 Å². The van der Waals surface area contributed by atoms with Crippen LogP contribution in [0.25, 0.3) is 22.9 Å². The summed E-state index contributed by atoms with van der Waals surface area (Å²) in [5.74, 6) is 0. The molecule has 112 valence electrons. The molecule has 0 N–H and O–H groups in total. The Hall–Kier alpha value is -2.49. The summed E-state index contributed by atoms with van der Waals surface area (Å²) in [6.07, 6.45) is 14.2. The van der Waals surface area contributed by atoms with Gasteiger partial charge < -0.3 is 0 Å². The zero-order chi connectivity index (χ0) is 15.5. The predicted molar refractivity (Wildman–Crippen MR) is 89.6 cm³/mol. The fourth-order valence-electron chi connectivity index (χ4n) is 2.55. The number of pyridine rings is 1. The number of aryl methyl sites for hydroxylation is 2. The van der Waals surface area contributed by atoms with Crippen LogP contribution < -0.4 is 0 Å². The van der Waals surface area contributed by atoms with Gasteiger partial charge in [-0.1, -0.05) is 25.5 Å². The highest BCUT2D eigenvalue weighted by Gasteiger charge is 2.12. The van der Waals surface area contributed by atoms with Gasteiger partial charge in [0.1, 0.15) is 0 Å². The van der Waals surface area contributed by atoms with Gasteiger partial charge in [0.25, 0.3) is 0 Å². The Morgan fingerprint density at radius 2 is 2.00 bits per heavy atom. The molecule has 4 nitrogen and oxygen atoms in total. The molecule has 22 heavy (non-hydrogen) atoms. The third-order valence-electron chi connectivity index (χ3n) is 3.70. The molecule has 3 heterocycles. The van der Waals surface area contributed by atoms with Gasteiger partial charge in [0.2, 0.25) is 0 Å². The van der Waals surface area contributed by atoms with Gasteiger partial charge in [-0.15, -0.1) is 0 Å². The molecule has 3 aromatic heterocycles. The second kappa shape index (κ2) is 6.10. The maximum Gasteiger partial charge on any atom is 0.162 e. The minimum atomic E-state index is 0.876. The van der Waals surface area contributed by atoms with E-state index in [0.717, 1.165) is 46.4 Å². The maximum absolute atomic E-state index is 4.54. The van der Waals surface area contributed by atoms with Crippen molar-refractivity contribution in [3.8, 4) is 11.1 Å². The van der Waals surface area contributed by atoms with E-state index in [1.807, 2.05) is 49.2 Å². The maximum atomic E-state index is 4.54. The SMILES string of the molecule is CCC/C=C\c1c(-c2cnn3cc(C)cnc23)ccnc1C. The lowest BCUT2D eigenvalue weighted by molar-refractivity contribution is 0.928. The first-order valence-electron chi connectivity index (χ1n) is 7.63. The fourth-order valence-corrected chi connectivity index (χ4v) is 2.55. The van der Waals surface area contributed by atoms with E-state index in [1.165, 1.54) is 0 Å². The monoisotopic (exact) mass is 292 g/mol. The van der Waals surface area contributed by atoms with E-state index in [9.17, 15) is 0 Å². The van der Waals surface area contributed by atoms with Crippen molar-refractivity contribution in [2.75, 3.05) is 0 Å². The topological polar surface area (TPSA) is 43.1 Å². The van der Waals surface area contributed by atoms with Crippen molar-refractivity contribution in [3.05, 3.63) is 53.8 Å². The summed E-state index contributed by atoms with van der Waals surface area (Å²) in [5, 5.41) is 4.43. The summed E-state index contributed by atoms with van der Waals surface area (Å²) in [5.41, 5.74) is 6.31. The number of hydrogen-bond donors (Lipinski definition) is 0. The highest BCUT2D eigenvalue weighted by atomic mass is 15.2. The number of nitrogens with zero attached hydrogens (tertiary/aromatic N) is 4. The molecule has 0 saturated carbocycles. The summed E-state index contributed by atoms with van der Waals surface area (Å²) in [4.78, 5) is 8.96. The van der Waals surface area contributed by atoms with Gasteiger partial charge in [-0.05, 0) is 37.5 Å². The van der Waals surface area contributed by atoms with Crippen LogP contribution >= 0.6 is 0 Å². The van der Waals surface area contributed by atoms with Crippen LogP contribution in [0.2, 0.25) is 0 Å². The average molecular weight is 292 g/mol. The zero-order valence-corrected chi connectivity index (χ0v) is 13.2. The van der Waals surface area contributed by atoms with Gasteiger partial charge in [0.05, 0.1) is 6.20 Å². The molecule has 3 aromatic rings. The molecule has 0 amide bonds. The fraction of sp³-hybridized carbons (Fsp3) is 0.278. The van der Waals surface area contributed by atoms with Gasteiger partial charge in [-0.3, -0.25) is 4.98 Å². The van der Waals surface area contributed by atoms with Crippen LogP contribution in [0, 0.1) is 13.8 Å². The van der Waals surface area contributed by atoms with Crippen molar-refractivity contribution in [3.63, 3.8) is 0 Å². The number of allylic oxidation sites excluding steroid dienone is 1. The Morgan fingerprint density at radius 1 is 1.14 bits per heavy atom. The molecule has 0 fully saturated rings. The highest BCUT2D eigenvalue weighted by molar-refractivity contribution is 5.83. The molecule has 0 spiro atoms. The molecule has 0 aliphatic rings. The molecule has 4 heteroatoms. The Kier molecular flexibility index (Phi) is 4.00. The lowest BCUT2D eigenvalue weighted by Gasteiger charge is -2.07. The quantitative estimate of drug-likeness (QED) is 0.723. The van der Waals surface area contributed by atoms with E-state index in [-0.39, 0.29) is 0 Å². The summed E-state index contributed by atoms with van der Waals surface area (Å²) in [6, 6.07) is 2.04. The molecule has 0 aliphatic heterocycles. The number of unbranched alkanes of at least 4 members (excludes halogenated alkanes) is 1. The summed E-state index contributed by atoms with van der Waals surface area (Å²) in [6.45, 7) is 6.24. The second-order valence-electron chi connectivity index (χ2n) is 5.51. The van der Waals surface area contributed by atoms with E-state index in [0.29, 0.717) is 0 Å². The predicted octanol–water partition coefficient (Wildman–Crippen LogP) is 4.22. The van der Waals surface area contributed by atoms with Crippen LogP contribution in [-0.4, -0.2) is 19.6 Å². The van der Waals surface area contributed by atoms with E-state index in [2.05, 4.69) is 34.1 Å². The van der Waals surface area contributed by atoms with Gasteiger partial charge in [0.15, 0.2) is 5.65 Å². The Morgan fingerprint density at radius 3 is 2.82 bits per heavy atom. The van der Waals surface area contributed by atoms with Crippen LogP contribution in [0.4, 0.5) is 0 Å². The van der Waals surface area contributed by atoms with Gasteiger partial charge in [-0.2, -0.15) is 5.10 Å². The van der Waals surface area contributed by atoms with Crippen molar-refractivity contribution in [2.24, 2.45) is 0 Å². The molecule has 0 saturated heterocycles. The van der Waals surface area contributed by atoms with E-state index < -0.39 is 0 Å². The molecular weight excluding hydrogens is 272 g/mol. The largest absolute Gasteiger partial charge is 0.261 e. The van der Waals surface area contributed by atoms with Crippen molar-refractivity contribution >= 4 is 11.7 Å². The molecule has 0 bridgehead atoms. The number of hydrogen-bond acceptors (Lipinski definition) is 3. The Bertz CT molecular complexity index is 830. The summed E-state index contributed by atoms with van der Waals surface area (Å²) >= 11 is 0. The smallest absolute Gasteiger partial charge is 0.162 e. The van der Waals surface area contributed by atoms with Crippen molar-refractivity contribution in [1.29, 1.82) is 0 Å². The molecule has 0 aliphatic carbocycles. The van der Waals surface area contributed by atoms with Gasteiger partial charge in [-0.25, -0.2) is 9.50 Å². The first kappa shape index (κ1) is 14.4. The van der Waals surface area contributed by atoms with Crippen molar-refractivity contribution < 1.29 is 0 Å². The third kappa shape index (κ3) is 2.64. The van der Waals surface area contributed by atoms with Crippen molar-refractivity contribution in [2.45, 2.75) is 33.6 Å². The first-order chi connectivity index (χ1) is 10.7. The van der Waals surface area contributed by atoms with Crippen LogP contribution in [0.5, 0.6) is 0 Å². The third-order valence-corrected chi connectivity index (χ3v) is 3.70. The molecular formula is C18H20N4. The lowest BCUT2D eigenvalue weighted by Crippen LogP contribution is -1.93. The zero-order valence-electron chi connectivity index (χ0n) is 13.2. The molecule has 0 atom stereocenters. The van der Waals surface area contributed by atoms with E-state index in [1.54, 1.807) is 0 Å². The minimum Gasteiger partial charge on any atom is -0.261 e. The van der Waals surface area contributed by atoms with Gasteiger partial charge in [0, 0.05) is 35.4 Å². The lowest BCUT2D eigenvalue weighted by atomic mass is 10.0. The normalized spacial score (nSPS) is 11.6. The molecule has 3 rings (SSSR count). The van der Waals surface area contributed by atoms with Gasteiger partial charge >= 0.3 is 0 Å². The summed E-state index contributed by atoms with van der Waals surface area (Å²) in [7, 11) is 0. The molecule has 0 unspecified atom stereocenters. The standard InChI is InChI=1S/C18H20N4/c1-4-5-6-7-15-14(3)19-9-8-16(15)17-11-21-22-12-13(2)10-20-18(17)22/h6-12H,4-5H2,1-3H3/b7-6-. The minimum absolute atomic E-state index is 0.876. The van der Waals surface area contributed by atoms with Crippen molar-refractivity contribution in [1.82, 2.24) is 19.6 Å². The number of rotatable bonds is 4. The Balaban J connectivity index is 2.16. The van der Waals surface area contributed by atoms with E-state index >= 15 is 0 Å². The molecule has 0 aromatic carbocycles. The number of fused-ring (bicyclic) bond motifs is 1.